The first kappa shape index (κ1) is 12.3. The molecule has 2 nitrogen and oxygen atoms in total. The van der Waals surface area contributed by atoms with E-state index in [1.165, 1.54) is 11.1 Å². The van der Waals surface area contributed by atoms with E-state index in [-0.39, 0.29) is 5.41 Å². The van der Waals surface area contributed by atoms with Crippen LogP contribution in [0.1, 0.15) is 25.0 Å². The quantitative estimate of drug-likeness (QED) is 0.862. The molecule has 0 radical (unpaired) electrons. The van der Waals surface area contributed by atoms with Gasteiger partial charge in [0.25, 0.3) is 0 Å². The standard InChI is InChI=1S/C15H21NO/c1-15(2)9-12(14(17)10-16(3)4)11-7-5-6-8-13(11)15/h5-9,14,17H,10H2,1-4H3. The second kappa shape index (κ2) is 4.28. The molecular weight excluding hydrogens is 210 g/mol. The third-order valence-corrected chi connectivity index (χ3v) is 3.35. The lowest BCUT2D eigenvalue weighted by atomic mass is 9.87. The molecule has 0 fully saturated rings. The predicted molar refractivity (Wildman–Crippen MR) is 72.0 cm³/mol. The average Bonchev–Trinajstić information content (AvgIpc) is 2.51. The molecule has 1 aliphatic rings. The van der Waals surface area contributed by atoms with Gasteiger partial charge < -0.3 is 10.0 Å². The Morgan fingerprint density at radius 1 is 1.24 bits per heavy atom. The van der Waals surface area contributed by atoms with Crippen LogP contribution >= 0.6 is 0 Å². The average molecular weight is 231 g/mol. The van der Waals surface area contributed by atoms with E-state index in [0.717, 1.165) is 5.57 Å². The summed E-state index contributed by atoms with van der Waals surface area (Å²) in [6.07, 6.45) is 1.79. The molecule has 1 N–H and O–H groups in total. The maximum Gasteiger partial charge on any atom is 0.0919 e. The molecule has 0 spiro atoms. The highest BCUT2D eigenvalue weighted by Gasteiger charge is 2.32. The van der Waals surface area contributed by atoms with Crippen LogP contribution in [0.3, 0.4) is 0 Å². The number of fused-ring (bicyclic) bond motifs is 1. The Labute approximate surface area is 104 Å². The summed E-state index contributed by atoms with van der Waals surface area (Å²) in [5.74, 6) is 0. The predicted octanol–water partition coefficient (Wildman–Crippen LogP) is 2.28. The van der Waals surface area contributed by atoms with E-state index >= 15 is 0 Å². The molecule has 0 saturated carbocycles. The lowest BCUT2D eigenvalue weighted by molar-refractivity contribution is 0.186. The summed E-state index contributed by atoms with van der Waals surface area (Å²) in [5.41, 5.74) is 3.61. The van der Waals surface area contributed by atoms with Crippen LogP contribution in [0.4, 0.5) is 0 Å². The van der Waals surface area contributed by atoms with E-state index in [2.05, 4.69) is 38.1 Å². The molecule has 1 unspecified atom stereocenters. The highest BCUT2D eigenvalue weighted by atomic mass is 16.3. The number of nitrogens with zero attached hydrogens (tertiary/aromatic N) is 1. The molecule has 2 heteroatoms. The minimum absolute atomic E-state index is 0.0270. The Morgan fingerprint density at radius 3 is 2.53 bits per heavy atom. The zero-order valence-electron chi connectivity index (χ0n) is 11.1. The smallest absolute Gasteiger partial charge is 0.0919 e. The lowest BCUT2D eigenvalue weighted by Gasteiger charge is -2.18. The van der Waals surface area contributed by atoms with Crippen molar-refractivity contribution in [3.05, 3.63) is 41.5 Å². The van der Waals surface area contributed by atoms with Crippen LogP contribution < -0.4 is 0 Å². The number of aliphatic hydroxyl groups is 1. The van der Waals surface area contributed by atoms with E-state index < -0.39 is 6.10 Å². The first-order valence-electron chi connectivity index (χ1n) is 6.07. The topological polar surface area (TPSA) is 23.5 Å². The summed E-state index contributed by atoms with van der Waals surface area (Å²) >= 11 is 0. The molecule has 0 heterocycles. The Hall–Kier alpha value is -1.12. The van der Waals surface area contributed by atoms with Gasteiger partial charge in [-0.2, -0.15) is 0 Å². The number of hydrogen-bond acceptors (Lipinski definition) is 2. The van der Waals surface area contributed by atoms with Crippen LogP contribution in [0.5, 0.6) is 0 Å². The molecule has 0 aromatic heterocycles. The lowest BCUT2D eigenvalue weighted by Crippen LogP contribution is -2.26. The molecule has 1 aliphatic carbocycles. The van der Waals surface area contributed by atoms with Gasteiger partial charge in [-0.25, -0.2) is 0 Å². The molecule has 2 rings (SSSR count). The number of likely N-dealkylation sites (N-methyl/N-ethyl adjacent to an activating group) is 1. The monoisotopic (exact) mass is 231 g/mol. The van der Waals surface area contributed by atoms with Crippen LogP contribution in [-0.4, -0.2) is 36.8 Å². The summed E-state index contributed by atoms with van der Waals surface area (Å²) in [7, 11) is 3.96. The van der Waals surface area contributed by atoms with Crippen LogP contribution in [0, 0.1) is 0 Å². The minimum atomic E-state index is -0.409. The van der Waals surface area contributed by atoms with Crippen LogP contribution in [0.25, 0.3) is 5.57 Å². The van der Waals surface area contributed by atoms with Crippen molar-refractivity contribution in [1.82, 2.24) is 4.90 Å². The van der Waals surface area contributed by atoms with E-state index in [4.69, 9.17) is 0 Å². The molecule has 0 saturated heterocycles. The van der Waals surface area contributed by atoms with Gasteiger partial charge in [-0.1, -0.05) is 44.2 Å². The van der Waals surface area contributed by atoms with Crippen molar-refractivity contribution in [3.63, 3.8) is 0 Å². The number of rotatable bonds is 3. The van der Waals surface area contributed by atoms with Gasteiger partial charge in [-0.05, 0) is 30.8 Å². The molecule has 1 atom stereocenters. The maximum absolute atomic E-state index is 10.3. The first-order chi connectivity index (χ1) is 7.92. The van der Waals surface area contributed by atoms with Crippen molar-refractivity contribution in [2.45, 2.75) is 25.4 Å². The molecule has 0 bridgehead atoms. The van der Waals surface area contributed by atoms with Gasteiger partial charge in [0.1, 0.15) is 0 Å². The van der Waals surface area contributed by atoms with Crippen molar-refractivity contribution in [1.29, 1.82) is 0 Å². The van der Waals surface area contributed by atoms with Crippen molar-refractivity contribution >= 4 is 5.57 Å². The highest BCUT2D eigenvalue weighted by molar-refractivity contribution is 5.78. The van der Waals surface area contributed by atoms with Gasteiger partial charge in [0.15, 0.2) is 0 Å². The summed E-state index contributed by atoms with van der Waals surface area (Å²) < 4.78 is 0. The number of aliphatic hydroxyl groups excluding tert-OH is 1. The molecule has 1 aromatic carbocycles. The van der Waals surface area contributed by atoms with Gasteiger partial charge in [-0.15, -0.1) is 0 Å². The summed E-state index contributed by atoms with van der Waals surface area (Å²) in [6, 6.07) is 8.36. The summed E-state index contributed by atoms with van der Waals surface area (Å²) in [6.45, 7) is 5.05. The maximum atomic E-state index is 10.3. The largest absolute Gasteiger partial charge is 0.387 e. The number of hydrogen-bond donors (Lipinski definition) is 1. The first-order valence-corrected chi connectivity index (χ1v) is 6.07. The van der Waals surface area contributed by atoms with Gasteiger partial charge >= 0.3 is 0 Å². The zero-order valence-corrected chi connectivity index (χ0v) is 11.1. The van der Waals surface area contributed by atoms with Gasteiger partial charge in [0, 0.05) is 12.0 Å². The SMILES string of the molecule is CN(C)CC(O)C1=CC(C)(C)c2ccccc21. The molecular formula is C15H21NO. The fourth-order valence-electron chi connectivity index (χ4n) is 2.56. The van der Waals surface area contributed by atoms with Crippen molar-refractivity contribution < 1.29 is 5.11 Å². The van der Waals surface area contributed by atoms with Gasteiger partial charge in [0.05, 0.1) is 6.10 Å². The molecule has 17 heavy (non-hydrogen) atoms. The Morgan fingerprint density at radius 2 is 1.88 bits per heavy atom. The fraction of sp³-hybridized carbons (Fsp3) is 0.467. The third kappa shape index (κ3) is 2.28. The summed E-state index contributed by atoms with van der Waals surface area (Å²) in [4.78, 5) is 2.01. The second-order valence-electron chi connectivity index (χ2n) is 5.64. The minimum Gasteiger partial charge on any atom is -0.387 e. The van der Waals surface area contributed by atoms with Crippen molar-refractivity contribution in [2.75, 3.05) is 20.6 Å². The van der Waals surface area contributed by atoms with Crippen molar-refractivity contribution in [2.24, 2.45) is 0 Å². The molecule has 0 aliphatic heterocycles. The Balaban J connectivity index is 2.37. The number of benzene rings is 1. The van der Waals surface area contributed by atoms with Crippen LogP contribution in [0.2, 0.25) is 0 Å². The Bertz CT molecular complexity index is 446. The normalized spacial score (nSPS) is 19.1. The van der Waals surface area contributed by atoms with Crippen molar-refractivity contribution in [3.8, 4) is 0 Å². The Kier molecular flexibility index (Phi) is 3.11. The third-order valence-electron chi connectivity index (χ3n) is 3.35. The van der Waals surface area contributed by atoms with Gasteiger partial charge in [0.2, 0.25) is 0 Å². The van der Waals surface area contributed by atoms with E-state index in [9.17, 15) is 5.11 Å². The molecule has 1 aromatic rings. The zero-order chi connectivity index (χ0) is 12.6. The fourth-order valence-corrected chi connectivity index (χ4v) is 2.56. The van der Waals surface area contributed by atoms with Crippen LogP contribution in [0.15, 0.2) is 30.3 Å². The second-order valence-corrected chi connectivity index (χ2v) is 5.64. The number of allylic oxidation sites excluding steroid dienone is 1. The summed E-state index contributed by atoms with van der Waals surface area (Å²) in [5, 5.41) is 10.3. The van der Waals surface area contributed by atoms with Gasteiger partial charge in [-0.3, -0.25) is 0 Å². The molecule has 0 amide bonds. The highest BCUT2D eigenvalue weighted by Crippen LogP contribution is 2.41. The van der Waals surface area contributed by atoms with E-state index in [0.29, 0.717) is 6.54 Å². The van der Waals surface area contributed by atoms with Crippen LogP contribution in [-0.2, 0) is 5.41 Å². The molecule has 92 valence electrons. The van der Waals surface area contributed by atoms with E-state index in [1.54, 1.807) is 0 Å². The van der Waals surface area contributed by atoms with E-state index in [1.807, 2.05) is 25.1 Å².